The molecule has 0 spiro atoms. The van der Waals surface area contributed by atoms with Gasteiger partial charge in [0.25, 0.3) is 0 Å². The normalized spacial score (nSPS) is 21.2. The lowest BCUT2D eigenvalue weighted by atomic mass is 9.87. The summed E-state index contributed by atoms with van der Waals surface area (Å²) >= 11 is 0. The molecule has 1 aromatic carbocycles. The summed E-state index contributed by atoms with van der Waals surface area (Å²) in [5.74, 6) is -0.389. The number of amides is 2. The highest BCUT2D eigenvalue weighted by Gasteiger charge is 2.31. The Bertz CT molecular complexity index is 755. The topological polar surface area (TPSA) is 99.7 Å². The summed E-state index contributed by atoms with van der Waals surface area (Å²) in [5, 5.41) is 19.1. The Labute approximate surface area is 192 Å². The largest absolute Gasteiger partial charge is 0.444 e. The van der Waals surface area contributed by atoms with Crippen LogP contribution in [0.2, 0.25) is 0 Å². The second kappa shape index (κ2) is 10.6. The molecule has 0 aromatic heterocycles. The first-order valence-corrected chi connectivity index (χ1v) is 11.6. The van der Waals surface area contributed by atoms with E-state index in [1.54, 1.807) is 20.8 Å². The first-order valence-electron chi connectivity index (χ1n) is 11.6. The quantitative estimate of drug-likeness (QED) is 0.526. The number of ether oxygens (including phenoxy) is 1. The molecular formula is C25H41N3O4. The van der Waals surface area contributed by atoms with Gasteiger partial charge >= 0.3 is 6.09 Å². The first kappa shape index (κ1) is 26.0. The van der Waals surface area contributed by atoms with Crippen LogP contribution in [0.4, 0.5) is 10.5 Å². The average Bonchev–Trinajstić information content (AvgIpc) is 2.65. The molecule has 32 heavy (non-hydrogen) atoms. The zero-order valence-corrected chi connectivity index (χ0v) is 20.6. The Morgan fingerprint density at radius 2 is 1.50 bits per heavy atom. The van der Waals surface area contributed by atoms with E-state index in [4.69, 9.17) is 4.74 Å². The lowest BCUT2D eigenvalue weighted by Crippen LogP contribution is -2.55. The van der Waals surface area contributed by atoms with Crippen molar-refractivity contribution in [2.45, 2.75) is 109 Å². The van der Waals surface area contributed by atoms with Crippen molar-refractivity contribution in [2.24, 2.45) is 0 Å². The standard InChI is InChI=1S/C25H41N3O4/c1-16(29)21(28-23(31)32-25(5,6)7)22(30)27-20-14-12-19(13-15-20)26-18-10-8-17(9-11-18)24(2,3)4/h8-11,16,19-21,26,29H,12-15H2,1-7H3,(H,27,30)(H,28,31)/t16-,19?,20?,21+/m1/s1. The van der Waals surface area contributed by atoms with Crippen LogP contribution in [-0.4, -0.2) is 46.9 Å². The van der Waals surface area contributed by atoms with Crippen LogP contribution < -0.4 is 16.0 Å². The molecule has 2 rings (SSSR count). The summed E-state index contributed by atoms with van der Waals surface area (Å²) < 4.78 is 5.21. The van der Waals surface area contributed by atoms with Gasteiger partial charge in [-0.3, -0.25) is 4.79 Å². The van der Waals surface area contributed by atoms with Gasteiger partial charge in [-0.05, 0) is 76.5 Å². The molecule has 1 aliphatic rings. The Morgan fingerprint density at radius 3 is 1.97 bits per heavy atom. The zero-order chi connectivity index (χ0) is 24.1. The smallest absolute Gasteiger partial charge is 0.408 e. The molecule has 1 fully saturated rings. The van der Waals surface area contributed by atoms with Gasteiger partial charge in [0.15, 0.2) is 0 Å². The van der Waals surface area contributed by atoms with Crippen LogP contribution in [0.15, 0.2) is 24.3 Å². The van der Waals surface area contributed by atoms with Gasteiger partial charge < -0.3 is 25.8 Å². The van der Waals surface area contributed by atoms with Crippen molar-refractivity contribution >= 4 is 17.7 Å². The molecule has 1 saturated carbocycles. The maximum Gasteiger partial charge on any atom is 0.408 e. The van der Waals surface area contributed by atoms with Gasteiger partial charge in [-0.15, -0.1) is 0 Å². The molecule has 2 amide bonds. The molecule has 2 atom stereocenters. The van der Waals surface area contributed by atoms with E-state index in [9.17, 15) is 14.7 Å². The lowest BCUT2D eigenvalue weighted by Gasteiger charge is -2.32. The Morgan fingerprint density at radius 1 is 0.969 bits per heavy atom. The molecule has 0 heterocycles. The molecule has 0 unspecified atom stereocenters. The van der Waals surface area contributed by atoms with Crippen molar-refractivity contribution in [3.8, 4) is 0 Å². The summed E-state index contributed by atoms with van der Waals surface area (Å²) in [4.78, 5) is 24.7. The van der Waals surface area contributed by atoms with Gasteiger partial charge in [0.05, 0.1) is 6.10 Å². The maximum atomic E-state index is 12.7. The second-order valence-corrected chi connectivity index (χ2v) is 10.9. The van der Waals surface area contributed by atoms with E-state index in [2.05, 4.69) is 61.0 Å². The molecule has 0 saturated heterocycles. The number of aliphatic hydroxyl groups is 1. The Kier molecular flexibility index (Phi) is 8.57. The van der Waals surface area contributed by atoms with E-state index in [0.717, 1.165) is 31.4 Å². The fraction of sp³-hybridized carbons (Fsp3) is 0.680. The van der Waals surface area contributed by atoms with Gasteiger partial charge in [-0.1, -0.05) is 32.9 Å². The fourth-order valence-electron chi connectivity index (χ4n) is 3.81. The van der Waals surface area contributed by atoms with Crippen LogP contribution in [-0.2, 0) is 14.9 Å². The highest BCUT2D eigenvalue weighted by Crippen LogP contribution is 2.26. The van der Waals surface area contributed by atoms with Crippen LogP contribution in [0.5, 0.6) is 0 Å². The Balaban J connectivity index is 1.83. The van der Waals surface area contributed by atoms with Gasteiger partial charge in [-0.2, -0.15) is 0 Å². The number of hydrogen-bond acceptors (Lipinski definition) is 5. The van der Waals surface area contributed by atoms with Crippen molar-refractivity contribution in [3.63, 3.8) is 0 Å². The number of anilines is 1. The van der Waals surface area contributed by atoms with Crippen molar-refractivity contribution in [1.82, 2.24) is 10.6 Å². The number of carbonyl (C=O) groups is 2. The number of alkyl carbamates (subject to hydrolysis) is 1. The molecule has 180 valence electrons. The summed E-state index contributed by atoms with van der Waals surface area (Å²) in [6.45, 7) is 13.3. The van der Waals surface area contributed by atoms with Crippen molar-refractivity contribution in [3.05, 3.63) is 29.8 Å². The van der Waals surface area contributed by atoms with E-state index in [-0.39, 0.29) is 17.4 Å². The highest BCUT2D eigenvalue weighted by atomic mass is 16.6. The number of nitrogens with one attached hydrogen (secondary N) is 3. The molecule has 0 radical (unpaired) electrons. The summed E-state index contributed by atoms with van der Waals surface area (Å²) in [6, 6.07) is 7.92. The fourth-order valence-corrected chi connectivity index (χ4v) is 3.81. The molecule has 4 N–H and O–H groups in total. The van der Waals surface area contributed by atoms with Crippen LogP contribution in [0, 0.1) is 0 Å². The number of benzene rings is 1. The monoisotopic (exact) mass is 447 g/mol. The van der Waals surface area contributed by atoms with Gasteiger partial charge in [0.2, 0.25) is 5.91 Å². The third kappa shape index (κ3) is 8.34. The van der Waals surface area contributed by atoms with E-state index in [1.165, 1.54) is 12.5 Å². The van der Waals surface area contributed by atoms with E-state index in [0.29, 0.717) is 6.04 Å². The maximum absolute atomic E-state index is 12.7. The number of aliphatic hydroxyl groups excluding tert-OH is 1. The van der Waals surface area contributed by atoms with Crippen LogP contribution in [0.25, 0.3) is 0 Å². The SMILES string of the molecule is C[C@@H](O)[C@H](NC(=O)OC(C)(C)C)C(=O)NC1CCC(Nc2ccc(C(C)(C)C)cc2)CC1. The molecule has 0 bridgehead atoms. The van der Waals surface area contributed by atoms with E-state index < -0.39 is 23.8 Å². The van der Waals surface area contributed by atoms with Crippen LogP contribution in [0.1, 0.15) is 79.7 Å². The molecular weight excluding hydrogens is 406 g/mol. The lowest BCUT2D eigenvalue weighted by molar-refractivity contribution is -0.126. The third-order valence-electron chi connectivity index (χ3n) is 5.63. The zero-order valence-electron chi connectivity index (χ0n) is 20.6. The number of hydrogen-bond donors (Lipinski definition) is 4. The first-order chi connectivity index (χ1) is 14.7. The highest BCUT2D eigenvalue weighted by molar-refractivity contribution is 5.86. The van der Waals surface area contributed by atoms with Crippen LogP contribution >= 0.6 is 0 Å². The van der Waals surface area contributed by atoms with E-state index >= 15 is 0 Å². The minimum Gasteiger partial charge on any atom is -0.444 e. The number of carbonyl (C=O) groups excluding carboxylic acids is 2. The van der Waals surface area contributed by atoms with Gasteiger partial charge in [0.1, 0.15) is 11.6 Å². The third-order valence-corrected chi connectivity index (χ3v) is 5.63. The predicted octanol–water partition coefficient (Wildman–Crippen LogP) is 4.10. The van der Waals surface area contributed by atoms with Crippen molar-refractivity contribution < 1.29 is 19.4 Å². The predicted molar refractivity (Wildman–Crippen MR) is 128 cm³/mol. The van der Waals surface area contributed by atoms with Crippen molar-refractivity contribution in [2.75, 3.05) is 5.32 Å². The van der Waals surface area contributed by atoms with Gasteiger partial charge in [-0.25, -0.2) is 4.79 Å². The molecule has 7 heteroatoms. The average molecular weight is 448 g/mol. The Hall–Kier alpha value is -2.28. The van der Waals surface area contributed by atoms with Crippen LogP contribution in [0.3, 0.4) is 0 Å². The number of rotatable bonds is 6. The van der Waals surface area contributed by atoms with Gasteiger partial charge in [0, 0.05) is 17.8 Å². The molecule has 0 aliphatic heterocycles. The summed E-state index contributed by atoms with van der Waals surface area (Å²) in [7, 11) is 0. The van der Waals surface area contributed by atoms with Crippen molar-refractivity contribution in [1.29, 1.82) is 0 Å². The van der Waals surface area contributed by atoms with E-state index in [1.807, 2.05) is 0 Å². The molecule has 1 aliphatic carbocycles. The minimum atomic E-state index is -1.05. The summed E-state index contributed by atoms with van der Waals surface area (Å²) in [6.07, 6.45) is 1.79. The minimum absolute atomic E-state index is 0.0190. The molecule has 1 aromatic rings. The molecule has 7 nitrogen and oxygen atoms in total. The summed E-state index contributed by atoms with van der Waals surface area (Å²) in [5.41, 5.74) is 1.88. The second-order valence-electron chi connectivity index (χ2n) is 10.9.